The zero-order valence-corrected chi connectivity index (χ0v) is 18.1. The van der Waals surface area contributed by atoms with Gasteiger partial charge < -0.3 is 10.1 Å². The molecule has 1 atom stereocenters. The fraction of sp³-hybridized carbons (Fsp3) is 0.381. The van der Waals surface area contributed by atoms with Gasteiger partial charge in [0.15, 0.2) is 0 Å². The van der Waals surface area contributed by atoms with E-state index in [1.165, 1.54) is 12.7 Å². The Balaban J connectivity index is 2.18. The van der Waals surface area contributed by atoms with E-state index in [1.54, 1.807) is 24.3 Å². The molecule has 0 aromatic heterocycles. The first-order valence-corrected chi connectivity index (χ1v) is 10.9. The fourth-order valence-corrected chi connectivity index (χ4v) is 3.95. The Kier molecular flexibility index (Phi) is 6.72. The summed E-state index contributed by atoms with van der Waals surface area (Å²) in [5, 5.41) is 2.91. The highest BCUT2D eigenvalue weighted by atomic mass is 32.2. The monoisotopic (exact) mass is 404 g/mol. The van der Waals surface area contributed by atoms with Crippen LogP contribution in [0.3, 0.4) is 0 Å². The summed E-state index contributed by atoms with van der Waals surface area (Å²) in [6.45, 7) is 7.69. The molecule has 7 heteroatoms. The molecule has 0 heterocycles. The largest absolute Gasteiger partial charge is 0.497 e. The average Bonchev–Trinajstić information content (AvgIpc) is 2.62. The minimum absolute atomic E-state index is 0.232. The van der Waals surface area contributed by atoms with Crippen molar-refractivity contribution in [2.75, 3.05) is 24.2 Å². The van der Waals surface area contributed by atoms with Crippen molar-refractivity contribution in [1.82, 2.24) is 5.32 Å². The summed E-state index contributed by atoms with van der Waals surface area (Å²) in [6.07, 6.45) is 1.08. The van der Waals surface area contributed by atoms with Gasteiger partial charge in [-0.3, -0.25) is 9.10 Å². The lowest BCUT2D eigenvalue weighted by molar-refractivity contribution is -0.120. The van der Waals surface area contributed by atoms with Crippen LogP contribution in [0.2, 0.25) is 0 Å². The number of sulfonamides is 1. The smallest absolute Gasteiger partial charge is 0.241 e. The van der Waals surface area contributed by atoms with Crippen molar-refractivity contribution in [3.8, 4) is 5.75 Å². The Labute approximate surface area is 167 Å². The molecule has 0 fully saturated rings. The number of amides is 1. The first-order chi connectivity index (χ1) is 13.0. The fourth-order valence-electron chi connectivity index (χ4n) is 3.09. The third kappa shape index (κ3) is 5.25. The van der Waals surface area contributed by atoms with Crippen LogP contribution in [0.5, 0.6) is 5.75 Å². The number of carbonyl (C=O) groups is 1. The quantitative estimate of drug-likeness (QED) is 0.769. The molecule has 1 amide bonds. The van der Waals surface area contributed by atoms with E-state index in [2.05, 4.69) is 17.4 Å². The molecule has 0 bridgehead atoms. The lowest BCUT2D eigenvalue weighted by Gasteiger charge is -2.24. The molecule has 0 aliphatic rings. The van der Waals surface area contributed by atoms with Gasteiger partial charge in [-0.1, -0.05) is 12.1 Å². The van der Waals surface area contributed by atoms with Crippen LogP contribution in [0.15, 0.2) is 36.4 Å². The first kappa shape index (κ1) is 21.8. The number of ether oxygens (including phenoxy) is 1. The average molecular weight is 405 g/mol. The summed E-state index contributed by atoms with van der Waals surface area (Å²) in [4.78, 5) is 12.6. The van der Waals surface area contributed by atoms with Crippen LogP contribution >= 0.6 is 0 Å². The van der Waals surface area contributed by atoms with Crippen LogP contribution in [0.4, 0.5) is 5.69 Å². The van der Waals surface area contributed by atoms with Crippen LogP contribution < -0.4 is 14.4 Å². The Bertz CT molecular complexity index is 953. The van der Waals surface area contributed by atoms with Crippen LogP contribution in [0.1, 0.15) is 35.2 Å². The summed E-state index contributed by atoms with van der Waals surface area (Å²) >= 11 is 0. The second-order valence-corrected chi connectivity index (χ2v) is 8.96. The van der Waals surface area contributed by atoms with Gasteiger partial charge in [0.1, 0.15) is 12.3 Å². The maximum atomic E-state index is 12.6. The highest BCUT2D eigenvalue weighted by Gasteiger charge is 2.22. The van der Waals surface area contributed by atoms with E-state index in [0.29, 0.717) is 11.4 Å². The lowest BCUT2D eigenvalue weighted by atomic mass is 9.96. The molecule has 2 aromatic carbocycles. The number of benzene rings is 2. The molecular weight excluding hydrogens is 376 g/mol. The van der Waals surface area contributed by atoms with Gasteiger partial charge in [0.2, 0.25) is 15.9 Å². The van der Waals surface area contributed by atoms with Crippen molar-refractivity contribution in [2.45, 2.75) is 33.7 Å². The summed E-state index contributed by atoms with van der Waals surface area (Å²) in [5.41, 5.74) is 4.87. The van der Waals surface area contributed by atoms with Gasteiger partial charge in [0.25, 0.3) is 0 Å². The number of carbonyl (C=O) groups excluding carboxylic acids is 1. The highest BCUT2D eigenvalue weighted by Crippen LogP contribution is 2.23. The Hall–Kier alpha value is -2.54. The second kappa shape index (κ2) is 8.65. The van der Waals surface area contributed by atoms with Crippen molar-refractivity contribution >= 4 is 21.6 Å². The zero-order chi connectivity index (χ0) is 21.1. The first-order valence-electron chi connectivity index (χ1n) is 9.01. The van der Waals surface area contributed by atoms with E-state index in [4.69, 9.17) is 4.74 Å². The molecule has 0 saturated carbocycles. The molecule has 28 heavy (non-hydrogen) atoms. The van der Waals surface area contributed by atoms with Gasteiger partial charge >= 0.3 is 0 Å². The van der Waals surface area contributed by atoms with Crippen molar-refractivity contribution in [2.24, 2.45) is 0 Å². The standard InChI is InChI=1S/C21H28N2O4S/c1-14-11-16(3)20(12-15(14)2)17(4)22-21(24)13-23(28(6,25)26)18-7-9-19(27-5)10-8-18/h7-12,17H,13H2,1-6H3,(H,22,24)/t17-/m0/s1. The number of aryl methyl sites for hydroxylation is 3. The maximum Gasteiger partial charge on any atom is 0.241 e. The van der Waals surface area contributed by atoms with Crippen molar-refractivity contribution in [3.05, 3.63) is 58.7 Å². The molecular formula is C21H28N2O4S. The second-order valence-electron chi connectivity index (χ2n) is 7.05. The minimum Gasteiger partial charge on any atom is -0.497 e. The predicted molar refractivity (Wildman–Crippen MR) is 112 cm³/mol. The van der Waals surface area contributed by atoms with Crippen molar-refractivity contribution in [1.29, 1.82) is 0 Å². The van der Waals surface area contributed by atoms with Crippen LogP contribution in [-0.4, -0.2) is 34.2 Å². The van der Waals surface area contributed by atoms with E-state index >= 15 is 0 Å². The lowest BCUT2D eigenvalue weighted by Crippen LogP contribution is -2.41. The third-order valence-electron chi connectivity index (χ3n) is 4.77. The molecule has 0 spiro atoms. The van der Waals surface area contributed by atoms with Gasteiger partial charge in [-0.2, -0.15) is 0 Å². The molecule has 0 saturated heterocycles. The van der Waals surface area contributed by atoms with E-state index < -0.39 is 10.0 Å². The Morgan fingerprint density at radius 1 is 1.07 bits per heavy atom. The Morgan fingerprint density at radius 2 is 1.64 bits per heavy atom. The molecule has 152 valence electrons. The molecule has 1 N–H and O–H groups in total. The molecule has 2 rings (SSSR count). The van der Waals surface area contributed by atoms with E-state index in [9.17, 15) is 13.2 Å². The molecule has 0 aliphatic heterocycles. The number of nitrogens with zero attached hydrogens (tertiary/aromatic N) is 1. The van der Waals surface area contributed by atoms with Gasteiger partial charge in [-0.05, 0) is 74.2 Å². The maximum absolute atomic E-state index is 12.6. The molecule has 0 radical (unpaired) electrons. The van der Waals surface area contributed by atoms with Crippen LogP contribution in [0, 0.1) is 20.8 Å². The predicted octanol–water partition coefficient (Wildman–Crippen LogP) is 3.26. The highest BCUT2D eigenvalue weighted by molar-refractivity contribution is 7.92. The van der Waals surface area contributed by atoms with E-state index in [1.807, 2.05) is 27.7 Å². The summed E-state index contributed by atoms with van der Waals surface area (Å²) in [6, 6.07) is 10.5. The number of methoxy groups -OCH3 is 1. The number of nitrogens with one attached hydrogen (secondary N) is 1. The Morgan fingerprint density at radius 3 is 2.18 bits per heavy atom. The molecule has 6 nitrogen and oxygen atoms in total. The van der Waals surface area contributed by atoms with Crippen molar-refractivity contribution in [3.63, 3.8) is 0 Å². The number of hydrogen-bond donors (Lipinski definition) is 1. The van der Waals surface area contributed by atoms with Crippen LogP contribution in [-0.2, 0) is 14.8 Å². The minimum atomic E-state index is -3.62. The molecule has 0 unspecified atom stereocenters. The van der Waals surface area contributed by atoms with Crippen molar-refractivity contribution < 1.29 is 17.9 Å². The summed E-state index contributed by atoms with van der Waals surface area (Å²) < 4.78 is 30.6. The number of anilines is 1. The topological polar surface area (TPSA) is 75.7 Å². The van der Waals surface area contributed by atoms with E-state index in [-0.39, 0.29) is 18.5 Å². The van der Waals surface area contributed by atoms with Gasteiger partial charge in [-0.25, -0.2) is 8.42 Å². The zero-order valence-electron chi connectivity index (χ0n) is 17.2. The number of rotatable bonds is 7. The third-order valence-corrected chi connectivity index (χ3v) is 5.91. The SMILES string of the molecule is COc1ccc(N(CC(=O)N[C@@H](C)c2cc(C)c(C)cc2C)S(C)(=O)=O)cc1. The van der Waals surface area contributed by atoms with Gasteiger partial charge in [-0.15, -0.1) is 0 Å². The van der Waals surface area contributed by atoms with Gasteiger partial charge in [0.05, 0.1) is 25.1 Å². The molecule has 0 aliphatic carbocycles. The summed E-state index contributed by atoms with van der Waals surface area (Å²) in [7, 11) is -2.09. The van der Waals surface area contributed by atoms with Crippen LogP contribution in [0.25, 0.3) is 0 Å². The number of hydrogen-bond acceptors (Lipinski definition) is 4. The summed E-state index contributed by atoms with van der Waals surface area (Å²) in [5.74, 6) is 0.242. The van der Waals surface area contributed by atoms with E-state index in [0.717, 1.165) is 27.3 Å². The van der Waals surface area contributed by atoms with Gasteiger partial charge in [0, 0.05) is 0 Å². The molecule has 2 aromatic rings. The normalized spacial score (nSPS) is 12.4.